The average Bonchev–Trinajstić information content (AvgIpc) is 3.26. The Labute approximate surface area is 230 Å². The van der Waals surface area contributed by atoms with Crippen LogP contribution in [0.15, 0.2) is 40.3 Å². The fourth-order valence-corrected chi connectivity index (χ4v) is 4.52. The highest BCUT2D eigenvalue weighted by Crippen LogP contribution is 2.28. The van der Waals surface area contributed by atoms with Crippen LogP contribution < -0.4 is 10.6 Å². The molecule has 2 rings (SSSR count). The summed E-state index contributed by atoms with van der Waals surface area (Å²) < 4.78 is 26.9. The normalized spacial score (nSPS) is 12.8. The summed E-state index contributed by atoms with van der Waals surface area (Å²) in [5.41, 5.74) is 3.80. The molecule has 2 aromatic rings. The average molecular weight is 546 g/mol. The van der Waals surface area contributed by atoms with E-state index in [9.17, 15) is 13.7 Å². The van der Waals surface area contributed by atoms with Crippen LogP contribution in [0.2, 0.25) is 0 Å². The van der Waals surface area contributed by atoms with Gasteiger partial charge in [0.25, 0.3) is 0 Å². The maximum Gasteiger partial charge on any atom is 0.228 e. The van der Waals surface area contributed by atoms with Crippen molar-refractivity contribution in [2.45, 2.75) is 99.3 Å². The molecule has 38 heavy (non-hydrogen) atoms. The van der Waals surface area contributed by atoms with E-state index in [1.165, 1.54) is 22.0 Å². The van der Waals surface area contributed by atoms with Crippen molar-refractivity contribution in [3.8, 4) is 6.07 Å². The molecule has 10 heteroatoms. The molecule has 0 aliphatic carbocycles. The smallest absolute Gasteiger partial charge is 0.228 e. The van der Waals surface area contributed by atoms with Crippen molar-refractivity contribution in [3.63, 3.8) is 0 Å². The molecule has 0 aliphatic rings. The minimum Gasteiger partial charge on any atom is -0.335 e. The lowest BCUT2D eigenvalue weighted by atomic mass is 9.93. The molecule has 0 radical (unpaired) electrons. The number of aromatic nitrogens is 4. The first kappa shape index (κ1) is 34.8. The lowest BCUT2D eigenvalue weighted by Gasteiger charge is -2.14. The Kier molecular flexibility index (Phi) is 15.2. The summed E-state index contributed by atoms with van der Waals surface area (Å²) in [6, 6.07) is 2.04. The van der Waals surface area contributed by atoms with E-state index >= 15 is 0 Å². The number of aryl methyl sites for hydroxylation is 1. The number of rotatable bonds is 10. The Morgan fingerprint density at radius 1 is 1.16 bits per heavy atom. The number of hydrogen-bond donors (Lipinski definition) is 2. The van der Waals surface area contributed by atoms with Crippen molar-refractivity contribution >= 4 is 27.3 Å². The van der Waals surface area contributed by atoms with Gasteiger partial charge in [0.15, 0.2) is 5.82 Å². The van der Waals surface area contributed by atoms with Crippen molar-refractivity contribution in [2.75, 3.05) is 10.6 Å². The lowest BCUT2D eigenvalue weighted by molar-refractivity contribution is 0.579. The number of nitrogens with zero attached hydrogens (tertiary/aromatic N) is 5. The van der Waals surface area contributed by atoms with Gasteiger partial charge >= 0.3 is 0 Å². The molecular formula is C28H47N7O2S. The van der Waals surface area contributed by atoms with Gasteiger partial charge in [-0.15, -0.1) is 0 Å². The Balaban J connectivity index is 0.00000326. The van der Waals surface area contributed by atoms with Gasteiger partial charge in [-0.1, -0.05) is 59.1 Å². The Morgan fingerprint density at radius 3 is 2.29 bits per heavy atom. The molecule has 0 spiro atoms. The molecule has 0 fully saturated rings. The molecule has 212 valence electrons. The van der Waals surface area contributed by atoms with E-state index in [-0.39, 0.29) is 22.1 Å². The van der Waals surface area contributed by atoms with Crippen LogP contribution in [-0.2, 0) is 16.9 Å². The summed E-state index contributed by atoms with van der Waals surface area (Å²) >= 11 is 0. The molecule has 0 aliphatic heterocycles. The number of allylic oxidation sites excluding steroid dienone is 4. The minimum absolute atomic E-state index is 0.0875. The van der Waals surface area contributed by atoms with E-state index in [0.29, 0.717) is 11.9 Å². The van der Waals surface area contributed by atoms with Crippen LogP contribution >= 0.6 is 0 Å². The van der Waals surface area contributed by atoms with Crippen LogP contribution in [0.5, 0.6) is 0 Å². The monoisotopic (exact) mass is 545 g/mol. The van der Waals surface area contributed by atoms with Crippen molar-refractivity contribution in [1.29, 1.82) is 5.26 Å². The molecule has 1 atom stereocenters. The van der Waals surface area contributed by atoms with Gasteiger partial charge in [0.05, 0.1) is 17.1 Å². The number of anilines is 3. The molecule has 2 aromatic heterocycles. The zero-order valence-corrected chi connectivity index (χ0v) is 26.1. The third kappa shape index (κ3) is 9.60. The zero-order valence-electron chi connectivity index (χ0n) is 25.3. The third-order valence-corrected chi connectivity index (χ3v) is 7.75. The fourth-order valence-electron chi connectivity index (χ4n) is 3.42. The predicted molar refractivity (Wildman–Crippen MR) is 158 cm³/mol. The number of nitriles is 1. The highest BCUT2D eigenvalue weighted by Gasteiger charge is 2.27. The summed E-state index contributed by atoms with van der Waals surface area (Å²) in [6.07, 6.45) is 7.27. The number of hydrogen-bond acceptors (Lipinski definition) is 8. The molecule has 1 unspecified atom stereocenters. The van der Waals surface area contributed by atoms with Gasteiger partial charge in [-0.3, -0.25) is 4.68 Å². The van der Waals surface area contributed by atoms with Gasteiger partial charge in [-0.05, 0) is 53.0 Å². The van der Waals surface area contributed by atoms with Crippen molar-refractivity contribution in [3.05, 3.63) is 40.9 Å². The second-order valence-corrected chi connectivity index (χ2v) is 11.2. The SMILES string of the molecule is CC.CC.CCCC(C)/C(C)=C(C)/C=C(\C)Nc1ncc(C#N)c(Nc2cn(C)nc2S(=O)(=O)C(C)C)n1. The van der Waals surface area contributed by atoms with E-state index in [1.54, 1.807) is 27.1 Å². The Morgan fingerprint density at radius 2 is 1.76 bits per heavy atom. The zero-order chi connectivity index (χ0) is 29.6. The van der Waals surface area contributed by atoms with Crippen LogP contribution in [0.25, 0.3) is 0 Å². The van der Waals surface area contributed by atoms with Crippen molar-refractivity contribution in [1.82, 2.24) is 19.7 Å². The molecule has 0 bridgehead atoms. The first-order valence-electron chi connectivity index (χ1n) is 13.3. The highest BCUT2D eigenvalue weighted by atomic mass is 32.2. The van der Waals surface area contributed by atoms with E-state index in [2.05, 4.69) is 53.4 Å². The van der Waals surface area contributed by atoms with Crippen molar-refractivity contribution < 1.29 is 8.42 Å². The second-order valence-electron chi connectivity index (χ2n) is 8.82. The number of nitrogens with one attached hydrogen (secondary N) is 2. The van der Waals surface area contributed by atoms with E-state index in [0.717, 1.165) is 18.5 Å². The number of sulfone groups is 1. The lowest BCUT2D eigenvalue weighted by Crippen LogP contribution is -2.16. The van der Waals surface area contributed by atoms with Gasteiger partial charge in [0.2, 0.25) is 20.8 Å². The standard InChI is InChI=1S/C24H35N7O2S.2C2H6/c1-9-10-16(4)19(7)17(5)11-18(6)27-24-26-13-20(12-25)22(29-24)28-21-14-31(8)30-23(21)34(32,33)15(2)3;2*1-2/h11,13-16H,9-10H2,1-8H3,(H2,26,27,28,29);2*1-2H3/b18-11+,19-17+;;. The van der Waals surface area contributed by atoms with E-state index in [4.69, 9.17) is 0 Å². The summed E-state index contributed by atoms with van der Waals surface area (Å²) in [5.74, 6) is 0.993. The molecule has 9 nitrogen and oxygen atoms in total. The summed E-state index contributed by atoms with van der Waals surface area (Å²) in [4.78, 5) is 8.66. The summed E-state index contributed by atoms with van der Waals surface area (Å²) in [7, 11) is -2.00. The first-order valence-corrected chi connectivity index (χ1v) is 14.9. The van der Waals surface area contributed by atoms with Crippen LogP contribution in [0.3, 0.4) is 0 Å². The maximum absolute atomic E-state index is 12.7. The molecule has 2 heterocycles. The van der Waals surface area contributed by atoms with Gasteiger partial charge in [0.1, 0.15) is 11.6 Å². The van der Waals surface area contributed by atoms with Gasteiger partial charge in [-0.2, -0.15) is 15.3 Å². The third-order valence-electron chi connectivity index (χ3n) is 5.67. The Hall–Kier alpha value is -3.19. The van der Waals surface area contributed by atoms with E-state index in [1.807, 2.05) is 46.8 Å². The van der Waals surface area contributed by atoms with Crippen LogP contribution in [-0.4, -0.2) is 33.4 Å². The topological polar surface area (TPSA) is 126 Å². The largest absolute Gasteiger partial charge is 0.335 e. The van der Waals surface area contributed by atoms with Crippen LogP contribution in [0, 0.1) is 17.2 Å². The molecule has 0 saturated carbocycles. The van der Waals surface area contributed by atoms with Crippen molar-refractivity contribution in [2.24, 2.45) is 13.0 Å². The van der Waals surface area contributed by atoms with E-state index < -0.39 is 15.1 Å². The first-order chi connectivity index (χ1) is 17.9. The van der Waals surface area contributed by atoms with Gasteiger partial charge < -0.3 is 10.6 Å². The molecule has 0 aromatic carbocycles. The summed E-state index contributed by atoms with van der Waals surface area (Å²) in [5, 5.41) is 19.0. The Bertz CT molecular complexity index is 1240. The molecule has 0 amide bonds. The van der Waals surface area contributed by atoms with Crippen LogP contribution in [0.4, 0.5) is 17.5 Å². The molecule has 0 saturated heterocycles. The summed E-state index contributed by atoms with van der Waals surface area (Å²) in [6.45, 7) is 21.8. The molecule has 2 N–H and O–H groups in total. The van der Waals surface area contributed by atoms with Gasteiger partial charge in [0, 0.05) is 18.9 Å². The highest BCUT2D eigenvalue weighted by molar-refractivity contribution is 7.92. The molecular weight excluding hydrogens is 498 g/mol. The van der Waals surface area contributed by atoms with Crippen LogP contribution in [0.1, 0.15) is 94.6 Å². The van der Waals surface area contributed by atoms with Gasteiger partial charge in [-0.25, -0.2) is 13.4 Å². The fraction of sp³-hybridized carbons (Fsp3) is 0.571. The predicted octanol–water partition coefficient (Wildman–Crippen LogP) is 7.15. The minimum atomic E-state index is -3.64. The second kappa shape index (κ2) is 16.6. The quantitative estimate of drug-likeness (QED) is 0.301. The maximum atomic E-state index is 12.7.